The van der Waals surface area contributed by atoms with E-state index in [0.29, 0.717) is 11.6 Å². The van der Waals surface area contributed by atoms with Crippen molar-refractivity contribution in [1.82, 2.24) is 14.3 Å². The average molecular weight is 320 g/mol. The number of halogens is 1. The predicted octanol–water partition coefficient (Wildman–Crippen LogP) is 1.78. The number of nitrogens with zero attached hydrogens (tertiary/aromatic N) is 1. The molecule has 1 atom stereocenters. The van der Waals surface area contributed by atoms with Crippen molar-refractivity contribution in [1.29, 1.82) is 0 Å². The summed E-state index contributed by atoms with van der Waals surface area (Å²) >= 11 is 5.91. The molecule has 0 spiro atoms. The molecule has 2 N–H and O–H groups in total. The molecular formula is C13H22ClN3O2S. The molecule has 1 aromatic carbocycles. The van der Waals surface area contributed by atoms with Gasteiger partial charge in [-0.15, -0.1) is 0 Å². The van der Waals surface area contributed by atoms with E-state index >= 15 is 0 Å². The number of hydrogen-bond donors (Lipinski definition) is 2. The van der Waals surface area contributed by atoms with Crippen molar-refractivity contribution in [3.05, 3.63) is 34.9 Å². The second-order valence-electron chi connectivity index (χ2n) is 4.68. The van der Waals surface area contributed by atoms with Gasteiger partial charge in [0.25, 0.3) is 10.2 Å². The number of benzene rings is 1. The van der Waals surface area contributed by atoms with Crippen LogP contribution in [0.15, 0.2) is 24.3 Å². The fourth-order valence-corrected chi connectivity index (χ4v) is 3.09. The fraction of sp³-hybridized carbons (Fsp3) is 0.538. The summed E-state index contributed by atoms with van der Waals surface area (Å²) in [6, 6.07) is 6.84. The van der Waals surface area contributed by atoms with Gasteiger partial charge in [-0.2, -0.15) is 17.4 Å². The van der Waals surface area contributed by atoms with Crippen molar-refractivity contribution >= 4 is 21.8 Å². The molecule has 0 amide bonds. The Morgan fingerprint density at radius 1 is 1.40 bits per heavy atom. The molecule has 0 heterocycles. The Morgan fingerprint density at radius 2 is 2.10 bits per heavy atom. The van der Waals surface area contributed by atoms with Crippen molar-refractivity contribution < 1.29 is 8.42 Å². The van der Waals surface area contributed by atoms with Gasteiger partial charge in [-0.05, 0) is 44.6 Å². The number of rotatable bonds is 8. The van der Waals surface area contributed by atoms with E-state index in [1.54, 1.807) is 32.2 Å². The van der Waals surface area contributed by atoms with Gasteiger partial charge in [0, 0.05) is 24.7 Å². The minimum Gasteiger partial charge on any atom is -0.320 e. The first-order valence-electron chi connectivity index (χ1n) is 6.50. The van der Waals surface area contributed by atoms with Crippen molar-refractivity contribution in [2.45, 2.75) is 19.4 Å². The van der Waals surface area contributed by atoms with E-state index in [2.05, 4.69) is 10.0 Å². The Bertz CT molecular complexity index is 522. The normalized spacial score (nSPS) is 13.7. The summed E-state index contributed by atoms with van der Waals surface area (Å²) in [5.41, 5.74) is 0.838. The van der Waals surface area contributed by atoms with E-state index in [4.69, 9.17) is 11.6 Å². The van der Waals surface area contributed by atoms with Crippen molar-refractivity contribution in [2.75, 3.05) is 27.2 Å². The molecule has 7 heteroatoms. The zero-order chi connectivity index (χ0) is 15.2. The molecule has 0 aliphatic heterocycles. The molecular weight excluding hydrogens is 298 g/mol. The van der Waals surface area contributed by atoms with Gasteiger partial charge in [-0.1, -0.05) is 23.7 Å². The lowest BCUT2D eigenvalue weighted by Crippen LogP contribution is -2.40. The molecule has 20 heavy (non-hydrogen) atoms. The van der Waals surface area contributed by atoms with E-state index < -0.39 is 10.2 Å². The fourth-order valence-electron chi connectivity index (χ4n) is 1.76. The monoisotopic (exact) mass is 319 g/mol. The van der Waals surface area contributed by atoms with Crippen LogP contribution >= 0.6 is 11.6 Å². The Balaban J connectivity index is 2.65. The largest absolute Gasteiger partial charge is 0.320 e. The second-order valence-corrected chi connectivity index (χ2v) is 6.92. The quantitative estimate of drug-likeness (QED) is 0.718. The van der Waals surface area contributed by atoms with Gasteiger partial charge in [0.05, 0.1) is 0 Å². The van der Waals surface area contributed by atoms with Crippen LogP contribution in [-0.2, 0) is 10.2 Å². The molecule has 0 aliphatic carbocycles. The van der Waals surface area contributed by atoms with Gasteiger partial charge in [-0.25, -0.2) is 0 Å². The third-order valence-corrected chi connectivity index (χ3v) is 4.87. The Labute approximate surface area is 126 Å². The minimum atomic E-state index is -3.49. The molecule has 114 valence electrons. The molecule has 1 unspecified atom stereocenters. The predicted molar refractivity (Wildman–Crippen MR) is 83.1 cm³/mol. The third kappa shape index (κ3) is 5.38. The summed E-state index contributed by atoms with van der Waals surface area (Å²) in [6.07, 6.45) is 0.763. The van der Waals surface area contributed by atoms with Crippen molar-refractivity contribution in [3.8, 4) is 0 Å². The van der Waals surface area contributed by atoms with Gasteiger partial charge >= 0.3 is 0 Å². The maximum Gasteiger partial charge on any atom is 0.279 e. The van der Waals surface area contributed by atoms with Crippen LogP contribution in [0.1, 0.15) is 24.9 Å². The van der Waals surface area contributed by atoms with Gasteiger partial charge in [0.15, 0.2) is 0 Å². The topological polar surface area (TPSA) is 61.4 Å². The van der Waals surface area contributed by atoms with Crippen LogP contribution < -0.4 is 10.0 Å². The molecule has 1 aromatic rings. The Morgan fingerprint density at radius 3 is 2.70 bits per heavy atom. The van der Waals surface area contributed by atoms with Crippen LogP contribution in [0.25, 0.3) is 0 Å². The standard InChI is InChI=1S/C13H22ClN3O2S/c1-11(12-6-4-7-13(14)10-12)16-20(18,19)17(3)9-5-8-15-2/h4,6-7,10-11,15-16H,5,8-9H2,1-3H3. The zero-order valence-electron chi connectivity index (χ0n) is 12.1. The summed E-state index contributed by atoms with van der Waals surface area (Å²) in [6.45, 7) is 3.05. The summed E-state index contributed by atoms with van der Waals surface area (Å²) in [5, 5.41) is 3.58. The highest BCUT2D eigenvalue weighted by molar-refractivity contribution is 7.87. The average Bonchev–Trinajstić information content (AvgIpc) is 2.38. The lowest BCUT2D eigenvalue weighted by atomic mass is 10.1. The maximum atomic E-state index is 12.2. The van der Waals surface area contributed by atoms with E-state index in [0.717, 1.165) is 18.5 Å². The van der Waals surface area contributed by atoms with E-state index in [1.165, 1.54) is 4.31 Å². The summed E-state index contributed by atoms with van der Waals surface area (Å²) < 4.78 is 28.3. The highest BCUT2D eigenvalue weighted by atomic mass is 35.5. The molecule has 0 aromatic heterocycles. The van der Waals surface area contributed by atoms with Crippen LogP contribution in [0.2, 0.25) is 5.02 Å². The lowest BCUT2D eigenvalue weighted by Gasteiger charge is -2.21. The van der Waals surface area contributed by atoms with Crippen LogP contribution in [-0.4, -0.2) is 39.9 Å². The van der Waals surface area contributed by atoms with Crippen molar-refractivity contribution in [3.63, 3.8) is 0 Å². The maximum absolute atomic E-state index is 12.2. The SMILES string of the molecule is CNCCCN(C)S(=O)(=O)NC(C)c1cccc(Cl)c1. The molecule has 0 fully saturated rings. The first-order chi connectivity index (χ1) is 9.36. The van der Waals surface area contributed by atoms with Crippen LogP contribution in [0.3, 0.4) is 0 Å². The zero-order valence-corrected chi connectivity index (χ0v) is 13.6. The second kappa shape index (κ2) is 7.95. The van der Waals surface area contributed by atoms with E-state index in [9.17, 15) is 8.42 Å². The third-order valence-electron chi connectivity index (χ3n) is 2.98. The highest BCUT2D eigenvalue weighted by Crippen LogP contribution is 2.18. The van der Waals surface area contributed by atoms with Gasteiger partial charge in [0.2, 0.25) is 0 Å². The first-order valence-corrected chi connectivity index (χ1v) is 8.32. The molecule has 0 aliphatic rings. The number of nitrogens with one attached hydrogen (secondary N) is 2. The van der Waals surface area contributed by atoms with E-state index in [1.807, 2.05) is 13.1 Å². The summed E-state index contributed by atoms with van der Waals surface area (Å²) in [4.78, 5) is 0. The van der Waals surface area contributed by atoms with Gasteiger partial charge in [-0.3, -0.25) is 0 Å². The first kappa shape index (κ1) is 17.4. The minimum absolute atomic E-state index is 0.328. The molecule has 1 rings (SSSR count). The molecule has 0 radical (unpaired) electrons. The molecule has 0 saturated carbocycles. The van der Waals surface area contributed by atoms with E-state index in [-0.39, 0.29) is 6.04 Å². The smallest absolute Gasteiger partial charge is 0.279 e. The van der Waals surface area contributed by atoms with Crippen LogP contribution in [0, 0.1) is 0 Å². The summed E-state index contributed by atoms with van der Waals surface area (Å²) in [5.74, 6) is 0. The lowest BCUT2D eigenvalue weighted by molar-refractivity contribution is 0.441. The highest BCUT2D eigenvalue weighted by Gasteiger charge is 2.20. The number of hydrogen-bond acceptors (Lipinski definition) is 3. The molecule has 5 nitrogen and oxygen atoms in total. The van der Waals surface area contributed by atoms with Gasteiger partial charge in [0.1, 0.15) is 0 Å². The van der Waals surface area contributed by atoms with Crippen molar-refractivity contribution in [2.24, 2.45) is 0 Å². The van der Waals surface area contributed by atoms with Crippen LogP contribution in [0.5, 0.6) is 0 Å². The molecule has 0 saturated heterocycles. The Hall–Kier alpha value is -0.660. The summed E-state index contributed by atoms with van der Waals surface area (Å²) in [7, 11) is -0.0752. The Kier molecular flexibility index (Phi) is 6.91. The molecule has 0 bridgehead atoms. The van der Waals surface area contributed by atoms with Gasteiger partial charge < -0.3 is 5.32 Å². The van der Waals surface area contributed by atoms with Crippen LogP contribution in [0.4, 0.5) is 0 Å².